The molecule has 1 aromatic rings. The highest BCUT2D eigenvalue weighted by molar-refractivity contribution is 7.81. The molecule has 0 saturated carbocycles. The summed E-state index contributed by atoms with van der Waals surface area (Å²) in [7, 11) is 0. The third-order valence-electron chi connectivity index (χ3n) is 2.08. The van der Waals surface area contributed by atoms with Crippen LogP contribution in [0.2, 0.25) is 0 Å². The Morgan fingerprint density at radius 1 is 1.27 bits per heavy atom. The van der Waals surface area contributed by atoms with Crippen molar-refractivity contribution in [2.45, 2.75) is 25.0 Å². The standard InChI is InChI=1S/C10H14S/c1-3-10(2,11)9-7-5-4-6-8-9/h4-8,11H,3H2,1-2H3. The summed E-state index contributed by atoms with van der Waals surface area (Å²) in [6.07, 6.45) is 1.06. The molecule has 11 heavy (non-hydrogen) atoms. The van der Waals surface area contributed by atoms with Crippen LogP contribution in [0.3, 0.4) is 0 Å². The van der Waals surface area contributed by atoms with Gasteiger partial charge in [0, 0.05) is 4.75 Å². The number of benzene rings is 1. The van der Waals surface area contributed by atoms with Crippen molar-refractivity contribution in [1.29, 1.82) is 0 Å². The maximum absolute atomic E-state index is 4.58. The normalized spacial score (nSPS) is 15.9. The minimum absolute atomic E-state index is 0.0290. The summed E-state index contributed by atoms with van der Waals surface area (Å²) < 4.78 is 0.0290. The Labute approximate surface area is 74.0 Å². The molecule has 60 valence electrons. The van der Waals surface area contributed by atoms with Gasteiger partial charge >= 0.3 is 0 Å². The molecule has 0 aliphatic carbocycles. The van der Waals surface area contributed by atoms with Crippen molar-refractivity contribution in [1.82, 2.24) is 0 Å². The highest BCUT2D eigenvalue weighted by atomic mass is 32.1. The van der Waals surface area contributed by atoms with E-state index in [1.807, 2.05) is 6.07 Å². The highest BCUT2D eigenvalue weighted by Crippen LogP contribution is 2.30. The fraction of sp³-hybridized carbons (Fsp3) is 0.400. The van der Waals surface area contributed by atoms with Crippen LogP contribution in [0.1, 0.15) is 25.8 Å². The molecule has 1 aromatic carbocycles. The molecule has 0 N–H and O–H groups in total. The van der Waals surface area contributed by atoms with Crippen LogP contribution in [-0.2, 0) is 4.75 Å². The van der Waals surface area contributed by atoms with Crippen molar-refractivity contribution in [3.8, 4) is 0 Å². The zero-order chi connectivity index (χ0) is 8.32. The Bertz CT molecular complexity index is 214. The summed E-state index contributed by atoms with van der Waals surface area (Å²) in [4.78, 5) is 0. The summed E-state index contributed by atoms with van der Waals surface area (Å²) in [5.74, 6) is 0. The number of hydrogen-bond acceptors (Lipinski definition) is 1. The number of hydrogen-bond donors (Lipinski definition) is 1. The summed E-state index contributed by atoms with van der Waals surface area (Å²) in [6, 6.07) is 10.4. The minimum atomic E-state index is 0.0290. The van der Waals surface area contributed by atoms with E-state index in [4.69, 9.17) is 0 Å². The molecule has 1 atom stereocenters. The van der Waals surface area contributed by atoms with Gasteiger partial charge in [-0.3, -0.25) is 0 Å². The Morgan fingerprint density at radius 3 is 2.27 bits per heavy atom. The first-order valence-corrected chi connectivity index (χ1v) is 4.39. The van der Waals surface area contributed by atoms with Crippen molar-refractivity contribution >= 4 is 12.6 Å². The Morgan fingerprint density at radius 2 is 1.82 bits per heavy atom. The van der Waals surface area contributed by atoms with Gasteiger partial charge in [0.15, 0.2) is 0 Å². The van der Waals surface area contributed by atoms with Gasteiger partial charge in [0.25, 0.3) is 0 Å². The molecular weight excluding hydrogens is 152 g/mol. The third-order valence-corrected chi connectivity index (χ3v) is 2.66. The van der Waals surface area contributed by atoms with Crippen molar-refractivity contribution < 1.29 is 0 Å². The molecule has 0 spiro atoms. The van der Waals surface area contributed by atoms with E-state index in [2.05, 4.69) is 50.7 Å². The molecular formula is C10H14S. The van der Waals surface area contributed by atoms with E-state index >= 15 is 0 Å². The van der Waals surface area contributed by atoms with Gasteiger partial charge < -0.3 is 0 Å². The van der Waals surface area contributed by atoms with Gasteiger partial charge in [-0.1, -0.05) is 37.3 Å². The second-order valence-corrected chi connectivity index (χ2v) is 3.98. The second-order valence-electron chi connectivity index (χ2n) is 2.99. The zero-order valence-corrected chi connectivity index (χ0v) is 7.94. The molecule has 0 radical (unpaired) electrons. The summed E-state index contributed by atoms with van der Waals surface area (Å²) in [5.41, 5.74) is 1.30. The van der Waals surface area contributed by atoms with Crippen LogP contribution in [0, 0.1) is 0 Å². The lowest BCUT2D eigenvalue weighted by atomic mass is 9.98. The fourth-order valence-corrected chi connectivity index (χ4v) is 1.15. The van der Waals surface area contributed by atoms with Crippen LogP contribution in [0.15, 0.2) is 30.3 Å². The minimum Gasteiger partial charge on any atom is -0.168 e. The summed E-state index contributed by atoms with van der Waals surface area (Å²) in [5, 5.41) is 0. The lowest BCUT2D eigenvalue weighted by Crippen LogP contribution is -2.11. The van der Waals surface area contributed by atoms with E-state index in [-0.39, 0.29) is 4.75 Å². The second kappa shape index (κ2) is 3.31. The van der Waals surface area contributed by atoms with E-state index in [9.17, 15) is 0 Å². The third kappa shape index (κ3) is 2.00. The van der Waals surface area contributed by atoms with Crippen LogP contribution >= 0.6 is 12.6 Å². The molecule has 0 nitrogen and oxygen atoms in total. The molecule has 0 aromatic heterocycles. The average molecular weight is 166 g/mol. The van der Waals surface area contributed by atoms with Crippen LogP contribution < -0.4 is 0 Å². The van der Waals surface area contributed by atoms with E-state index in [0.717, 1.165) is 6.42 Å². The van der Waals surface area contributed by atoms with Crippen molar-refractivity contribution in [2.24, 2.45) is 0 Å². The monoisotopic (exact) mass is 166 g/mol. The first-order valence-electron chi connectivity index (χ1n) is 3.94. The average Bonchev–Trinajstić information content (AvgIpc) is 2.06. The van der Waals surface area contributed by atoms with Gasteiger partial charge in [-0.25, -0.2) is 0 Å². The van der Waals surface area contributed by atoms with E-state index in [1.54, 1.807) is 0 Å². The molecule has 0 fully saturated rings. The van der Waals surface area contributed by atoms with Gasteiger partial charge in [-0.05, 0) is 18.9 Å². The lowest BCUT2D eigenvalue weighted by Gasteiger charge is -2.21. The topological polar surface area (TPSA) is 0 Å². The Kier molecular flexibility index (Phi) is 2.61. The first-order chi connectivity index (χ1) is 5.17. The molecule has 1 heteroatoms. The first kappa shape index (κ1) is 8.66. The Hall–Kier alpha value is -0.430. The predicted molar refractivity (Wildman–Crippen MR) is 53.1 cm³/mol. The highest BCUT2D eigenvalue weighted by Gasteiger charge is 2.17. The quantitative estimate of drug-likeness (QED) is 0.641. The smallest absolute Gasteiger partial charge is 0.0347 e. The van der Waals surface area contributed by atoms with Crippen molar-refractivity contribution in [3.63, 3.8) is 0 Å². The summed E-state index contributed by atoms with van der Waals surface area (Å²) in [6.45, 7) is 4.30. The predicted octanol–water partition coefficient (Wildman–Crippen LogP) is 3.24. The SMILES string of the molecule is CCC(C)(S)c1ccccc1. The van der Waals surface area contributed by atoms with Crippen LogP contribution in [0.25, 0.3) is 0 Å². The van der Waals surface area contributed by atoms with Crippen molar-refractivity contribution in [2.75, 3.05) is 0 Å². The maximum atomic E-state index is 4.58. The lowest BCUT2D eigenvalue weighted by molar-refractivity contribution is 0.671. The van der Waals surface area contributed by atoms with E-state index in [0.29, 0.717) is 0 Å². The van der Waals surface area contributed by atoms with Gasteiger partial charge in [0.1, 0.15) is 0 Å². The molecule has 0 aliphatic heterocycles. The summed E-state index contributed by atoms with van der Waals surface area (Å²) >= 11 is 4.58. The van der Waals surface area contributed by atoms with E-state index in [1.165, 1.54) is 5.56 Å². The molecule has 1 rings (SSSR count). The van der Waals surface area contributed by atoms with Gasteiger partial charge in [-0.2, -0.15) is 12.6 Å². The van der Waals surface area contributed by atoms with Crippen LogP contribution in [0.4, 0.5) is 0 Å². The number of thiol groups is 1. The molecule has 0 amide bonds. The molecule has 0 heterocycles. The van der Waals surface area contributed by atoms with Crippen LogP contribution in [0.5, 0.6) is 0 Å². The molecule has 1 unspecified atom stereocenters. The molecule has 0 saturated heterocycles. The zero-order valence-electron chi connectivity index (χ0n) is 7.04. The Balaban J connectivity index is 2.93. The van der Waals surface area contributed by atoms with Crippen LogP contribution in [-0.4, -0.2) is 0 Å². The van der Waals surface area contributed by atoms with Crippen molar-refractivity contribution in [3.05, 3.63) is 35.9 Å². The van der Waals surface area contributed by atoms with Gasteiger partial charge in [0.2, 0.25) is 0 Å². The van der Waals surface area contributed by atoms with E-state index < -0.39 is 0 Å². The van der Waals surface area contributed by atoms with Gasteiger partial charge in [0.05, 0.1) is 0 Å². The van der Waals surface area contributed by atoms with Gasteiger partial charge in [-0.15, -0.1) is 0 Å². The molecule has 0 aliphatic rings. The fourth-order valence-electron chi connectivity index (χ4n) is 1.00. The molecule has 0 bridgehead atoms. The largest absolute Gasteiger partial charge is 0.168 e. The maximum Gasteiger partial charge on any atom is 0.0347 e. The number of rotatable bonds is 2.